The van der Waals surface area contributed by atoms with E-state index in [1.54, 1.807) is 6.92 Å². The van der Waals surface area contributed by atoms with Crippen molar-refractivity contribution in [1.82, 2.24) is 4.98 Å². The van der Waals surface area contributed by atoms with Gasteiger partial charge in [-0.2, -0.15) is 0 Å². The second kappa shape index (κ2) is 4.11. The number of benzene rings is 2. The molecule has 0 radical (unpaired) electrons. The molecule has 3 heteroatoms. The smallest absolute Gasteiger partial charge is 0.347 e. The molecule has 0 N–H and O–H groups in total. The topological polar surface area (TPSA) is 43.1 Å². The van der Waals surface area contributed by atoms with Crippen LogP contribution < -0.4 is 5.63 Å². The van der Waals surface area contributed by atoms with E-state index in [1.165, 1.54) is 0 Å². The predicted octanol–water partition coefficient (Wildman–Crippen LogP) is 3.16. The lowest BCUT2D eigenvalue weighted by molar-refractivity contribution is 0.467. The van der Waals surface area contributed by atoms with E-state index in [4.69, 9.17) is 4.42 Å². The summed E-state index contributed by atoms with van der Waals surface area (Å²) in [4.78, 5) is 16.2. The van der Waals surface area contributed by atoms with Gasteiger partial charge in [-0.05, 0) is 17.2 Å². The van der Waals surface area contributed by atoms with Gasteiger partial charge in [-0.25, -0.2) is 9.78 Å². The Labute approximate surface area is 104 Å². The van der Waals surface area contributed by atoms with Crippen molar-refractivity contribution in [3.05, 3.63) is 64.8 Å². The van der Waals surface area contributed by atoms with Gasteiger partial charge in [0.25, 0.3) is 0 Å². The number of fused-ring (bicyclic) bond motifs is 1. The van der Waals surface area contributed by atoms with Crippen LogP contribution in [0, 0.1) is 6.92 Å². The second-order valence-electron chi connectivity index (χ2n) is 4.09. The minimum absolute atomic E-state index is 0.336. The van der Waals surface area contributed by atoms with Crippen molar-refractivity contribution in [3.63, 3.8) is 0 Å². The Kier molecular flexibility index (Phi) is 2.45. The zero-order valence-electron chi connectivity index (χ0n) is 9.88. The Balaban J connectivity index is 2.41. The quantitative estimate of drug-likeness (QED) is 0.653. The zero-order valence-corrected chi connectivity index (χ0v) is 9.88. The molecule has 0 atom stereocenters. The largest absolute Gasteiger partial charge is 0.408 e. The molecule has 18 heavy (non-hydrogen) atoms. The Morgan fingerprint density at radius 1 is 1.00 bits per heavy atom. The van der Waals surface area contributed by atoms with Crippen LogP contribution in [0.5, 0.6) is 0 Å². The van der Waals surface area contributed by atoms with Crippen LogP contribution >= 0.6 is 0 Å². The molecule has 0 aliphatic heterocycles. The fourth-order valence-electron chi connectivity index (χ4n) is 2.08. The molecule has 0 amide bonds. The van der Waals surface area contributed by atoms with Crippen LogP contribution in [0.3, 0.4) is 0 Å². The van der Waals surface area contributed by atoms with Crippen LogP contribution in [-0.2, 0) is 0 Å². The van der Waals surface area contributed by atoms with Gasteiger partial charge in [-0.3, -0.25) is 0 Å². The van der Waals surface area contributed by atoms with Crippen LogP contribution in [0.4, 0.5) is 0 Å². The van der Waals surface area contributed by atoms with Gasteiger partial charge < -0.3 is 4.42 Å². The summed E-state index contributed by atoms with van der Waals surface area (Å²) in [5.41, 5.74) is 2.18. The molecule has 88 valence electrons. The molecule has 0 unspecified atom stereocenters. The van der Waals surface area contributed by atoms with Gasteiger partial charge in [0.15, 0.2) is 5.89 Å². The summed E-state index contributed by atoms with van der Waals surface area (Å²) < 4.78 is 5.09. The molecule has 1 aromatic heterocycles. The SMILES string of the molecule is Cc1nc2cccc(-c3ccccc3)c2c(=O)o1. The molecular weight excluding hydrogens is 226 g/mol. The van der Waals surface area contributed by atoms with E-state index < -0.39 is 0 Å². The molecule has 3 nitrogen and oxygen atoms in total. The fourth-order valence-corrected chi connectivity index (χ4v) is 2.08. The first-order valence-electron chi connectivity index (χ1n) is 5.71. The summed E-state index contributed by atoms with van der Waals surface area (Å²) in [5.74, 6) is 0.387. The van der Waals surface area contributed by atoms with Crippen molar-refractivity contribution in [2.24, 2.45) is 0 Å². The number of aryl methyl sites for hydroxylation is 1. The third kappa shape index (κ3) is 1.70. The monoisotopic (exact) mass is 237 g/mol. The van der Waals surface area contributed by atoms with Gasteiger partial charge in [-0.1, -0.05) is 42.5 Å². The summed E-state index contributed by atoms with van der Waals surface area (Å²) in [7, 11) is 0. The average molecular weight is 237 g/mol. The molecule has 2 aromatic carbocycles. The van der Waals surface area contributed by atoms with Crippen molar-refractivity contribution in [2.75, 3.05) is 0 Å². The molecule has 0 aliphatic rings. The summed E-state index contributed by atoms with van der Waals surface area (Å²) in [5, 5.41) is 0.536. The van der Waals surface area contributed by atoms with Gasteiger partial charge >= 0.3 is 5.63 Å². The Morgan fingerprint density at radius 2 is 1.78 bits per heavy atom. The predicted molar refractivity (Wildman–Crippen MR) is 70.5 cm³/mol. The maximum atomic E-state index is 12.0. The van der Waals surface area contributed by atoms with Crippen LogP contribution in [0.2, 0.25) is 0 Å². The lowest BCUT2D eigenvalue weighted by atomic mass is 10.0. The maximum absolute atomic E-state index is 12.0. The van der Waals surface area contributed by atoms with Crippen molar-refractivity contribution in [1.29, 1.82) is 0 Å². The van der Waals surface area contributed by atoms with Crippen LogP contribution in [0.15, 0.2) is 57.7 Å². The van der Waals surface area contributed by atoms with Gasteiger partial charge in [0, 0.05) is 6.92 Å². The molecule has 0 spiro atoms. The Bertz CT molecular complexity index is 760. The molecule has 3 aromatic rings. The minimum atomic E-state index is -0.336. The standard InChI is InChI=1S/C15H11NO2/c1-10-16-13-9-5-8-12(14(13)15(17)18-10)11-6-3-2-4-7-11/h2-9H,1H3. The highest BCUT2D eigenvalue weighted by Crippen LogP contribution is 2.25. The first-order chi connectivity index (χ1) is 8.75. The first-order valence-corrected chi connectivity index (χ1v) is 5.71. The summed E-state index contributed by atoms with van der Waals surface area (Å²) in [6.45, 7) is 1.68. The minimum Gasteiger partial charge on any atom is -0.408 e. The van der Waals surface area contributed by atoms with Crippen molar-refractivity contribution in [3.8, 4) is 11.1 Å². The second-order valence-corrected chi connectivity index (χ2v) is 4.09. The highest BCUT2D eigenvalue weighted by atomic mass is 16.4. The molecule has 0 aliphatic carbocycles. The number of hydrogen-bond donors (Lipinski definition) is 0. The van der Waals surface area contributed by atoms with E-state index >= 15 is 0 Å². The van der Waals surface area contributed by atoms with Crippen molar-refractivity contribution >= 4 is 10.9 Å². The molecule has 0 saturated carbocycles. The molecule has 1 heterocycles. The summed E-state index contributed by atoms with van der Waals surface area (Å²) in [6.07, 6.45) is 0. The van der Waals surface area contributed by atoms with E-state index in [-0.39, 0.29) is 5.63 Å². The van der Waals surface area contributed by atoms with Crippen LogP contribution in [0.25, 0.3) is 22.0 Å². The number of hydrogen-bond acceptors (Lipinski definition) is 3. The number of nitrogens with zero attached hydrogens (tertiary/aromatic N) is 1. The molecular formula is C15H11NO2. The molecule has 0 fully saturated rings. The van der Waals surface area contributed by atoms with Crippen molar-refractivity contribution < 1.29 is 4.42 Å². The third-order valence-electron chi connectivity index (χ3n) is 2.85. The first kappa shape index (κ1) is 10.7. The van der Waals surface area contributed by atoms with E-state index in [0.717, 1.165) is 11.1 Å². The Morgan fingerprint density at radius 3 is 2.56 bits per heavy atom. The highest BCUT2D eigenvalue weighted by molar-refractivity contribution is 5.93. The lowest BCUT2D eigenvalue weighted by Gasteiger charge is -2.05. The van der Waals surface area contributed by atoms with Gasteiger partial charge in [0.2, 0.25) is 0 Å². The summed E-state index contributed by atoms with van der Waals surface area (Å²) in [6, 6.07) is 15.4. The van der Waals surface area contributed by atoms with Gasteiger partial charge in [0.1, 0.15) is 0 Å². The van der Waals surface area contributed by atoms with Crippen LogP contribution in [0.1, 0.15) is 5.89 Å². The van der Waals surface area contributed by atoms with E-state index in [9.17, 15) is 4.79 Å². The normalized spacial score (nSPS) is 10.7. The van der Waals surface area contributed by atoms with Crippen molar-refractivity contribution in [2.45, 2.75) is 6.92 Å². The van der Waals surface area contributed by atoms with E-state index in [0.29, 0.717) is 16.8 Å². The number of rotatable bonds is 1. The van der Waals surface area contributed by atoms with Crippen LogP contribution in [-0.4, -0.2) is 4.98 Å². The highest BCUT2D eigenvalue weighted by Gasteiger charge is 2.09. The average Bonchev–Trinajstić information content (AvgIpc) is 2.38. The number of aromatic nitrogens is 1. The summed E-state index contributed by atoms with van der Waals surface area (Å²) >= 11 is 0. The maximum Gasteiger partial charge on any atom is 0.347 e. The zero-order chi connectivity index (χ0) is 12.5. The molecule has 3 rings (SSSR count). The lowest BCUT2D eigenvalue weighted by Crippen LogP contribution is -2.04. The van der Waals surface area contributed by atoms with E-state index in [2.05, 4.69) is 4.98 Å². The Hall–Kier alpha value is -2.42. The van der Waals surface area contributed by atoms with Gasteiger partial charge in [0.05, 0.1) is 10.9 Å². The fraction of sp³-hybridized carbons (Fsp3) is 0.0667. The third-order valence-corrected chi connectivity index (χ3v) is 2.85. The van der Waals surface area contributed by atoms with E-state index in [1.807, 2.05) is 48.5 Å². The van der Waals surface area contributed by atoms with Gasteiger partial charge in [-0.15, -0.1) is 0 Å². The molecule has 0 bridgehead atoms. The molecule has 0 saturated heterocycles.